The van der Waals surface area contributed by atoms with Gasteiger partial charge in [0, 0.05) is 31.2 Å². The predicted molar refractivity (Wildman–Crippen MR) is 79.2 cm³/mol. The zero-order chi connectivity index (χ0) is 13.7. The second-order valence-corrected chi connectivity index (χ2v) is 5.38. The smallest absolute Gasteiger partial charge is 0.223 e. The Kier molecular flexibility index (Phi) is 4.83. The molecule has 1 saturated carbocycles. The summed E-state index contributed by atoms with van der Waals surface area (Å²) in [7, 11) is 0. The van der Waals surface area contributed by atoms with Gasteiger partial charge in [0.2, 0.25) is 5.91 Å². The van der Waals surface area contributed by atoms with Crippen LogP contribution in [0.3, 0.4) is 0 Å². The first-order valence-electron chi connectivity index (χ1n) is 7.30. The lowest BCUT2D eigenvalue weighted by molar-refractivity contribution is -0.122. The third kappa shape index (κ3) is 3.98. The molecule has 1 aliphatic rings. The maximum atomic E-state index is 11.7. The normalized spacial score (nSPS) is 20.9. The number of hydrogen-bond donors (Lipinski definition) is 1. The Morgan fingerprint density at radius 3 is 2.63 bits per heavy atom. The molecular weight excluding hydrogens is 236 g/mol. The van der Waals surface area contributed by atoms with Gasteiger partial charge in [0.25, 0.3) is 0 Å². The van der Waals surface area contributed by atoms with E-state index in [1.165, 1.54) is 5.69 Å². The molecule has 3 nitrogen and oxygen atoms in total. The Hall–Kier alpha value is -1.51. The second-order valence-electron chi connectivity index (χ2n) is 5.38. The van der Waals surface area contributed by atoms with Crippen molar-refractivity contribution in [1.29, 1.82) is 0 Å². The van der Waals surface area contributed by atoms with Crippen molar-refractivity contribution in [1.82, 2.24) is 5.32 Å². The average Bonchev–Trinajstić information content (AvgIpc) is 3.17. The average molecular weight is 260 g/mol. The number of hydrogen-bond acceptors (Lipinski definition) is 2. The molecule has 0 unspecified atom stereocenters. The molecule has 0 bridgehead atoms. The number of carbonyl (C=O) groups is 1. The van der Waals surface area contributed by atoms with Crippen molar-refractivity contribution in [2.45, 2.75) is 26.7 Å². The molecule has 1 N–H and O–H groups in total. The molecule has 19 heavy (non-hydrogen) atoms. The van der Waals surface area contributed by atoms with Gasteiger partial charge in [-0.1, -0.05) is 25.1 Å². The lowest BCUT2D eigenvalue weighted by Crippen LogP contribution is -2.30. The maximum absolute atomic E-state index is 11.7. The first-order chi connectivity index (χ1) is 9.22. The fourth-order valence-corrected chi connectivity index (χ4v) is 2.41. The zero-order valence-electron chi connectivity index (χ0n) is 11.9. The molecule has 1 aliphatic carbocycles. The highest BCUT2D eigenvalue weighted by Gasteiger charge is 2.38. The van der Waals surface area contributed by atoms with Gasteiger partial charge in [0.1, 0.15) is 0 Å². The number of rotatable bonds is 7. The molecule has 3 heteroatoms. The number of amides is 1. The van der Waals surface area contributed by atoms with Crippen LogP contribution in [-0.2, 0) is 4.79 Å². The van der Waals surface area contributed by atoms with E-state index in [0.717, 1.165) is 32.5 Å². The standard InChI is InChI=1S/C16H24N2O/c1-3-18(14-8-5-4-6-9-14)11-7-10-17-16(19)15-12-13(15)2/h4-6,8-9,13,15H,3,7,10-12H2,1-2H3,(H,17,19)/t13-,15+/m0/s1. The molecule has 1 fully saturated rings. The van der Waals surface area contributed by atoms with Crippen molar-refractivity contribution < 1.29 is 4.79 Å². The lowest BCUT2D eigenvalue weighted by atomic mass is 10.2. The van der Waals surface area contributed by atoms with E-state index in [1.807, 2.05) is 6.07 Å². The number of carbonyl (C=O) groups excluding carboxylic acids is 1. The van der Waals surface area contributed by atoms with Crippen LogP contribution in [0.2, 0.25) is 0 Å². The van der Waals surface area contributed by atoms with Crippen LogP contribution in [0, 0.1) is 11.8 Å². The fourth-order valence-electron chi connectivity index (χ4n) is 2.41. The number of nitrogens with zero attached hydrogens (tertiary/aromatic N) is 1. The van der Waals surface area contributed by atoms with E-state index in [0.29, 0.717) is 5.92 Å². The quantitative estimate of drug-likeness (QED) is 0.764. The Balaban J connectivity index is 1.68. The highest BCUT2D eigenvalue weighted by atomic mass is 16.2. The molecule has 2 rings (SSSR count). The van der Waals surface area contributed by atoms with Gasteiger partial charge in [0.15, 0.2) is 0 Å². The van der Waals surface area contributed by atoms with Gasteiger partial charge in [0.05, 0.1) is 0 Å². The summed E-state index contributed by atoms with van der Waals surface area (Å²) in [5.41, 5.74) is 1.26. The summed E-state index contributed by atoms with van der Waals surface area (Å²) >= 11 is 0. The van der Waals surface area contributed by atoms with E-state index in [4.69, 9.17) is 0 Å². The van der Waals surface area contributed by atoms with Gasteiger partial charge < -0.3 is 10.2 Å². The van der Waals surface area contributed by atoms with Crippen molar-refractivity contribution >= 4 is 11.6 Å². The molecule has 0 aromatic heterocycles. The van der Waals surface area contributed by atoms with Gasteiger partial charge >= 0.3 is 0 Å². The van der Waals surface area contributed by atoms with E-state index in [1.54, 1.807) is 0 Å². The van der Waals surface area contributed by atoms with Crippen molar-refractivity contribution in [3.63, 3.8) is 0 Å². The SMILES string of the molecule is CCN(CCCNC(=O)[C@@H]1C[C@@H]1C)c1ccccc1. The first-order valence-corrected chi connectivity index (χ1v) is 7.30. The minimum absolute atomic E-state index is 0.246. The topological polar surface area (TPSA) is 32.3 Å². The third-order valence-corrected chi connectivity index (χ3v) is 3.85. The van der Waals surface area contributed by atoms with Gasteiger partial charge in [-0.25, -0.2) is 0 Å². The molecule has 0 aliphatic heterocycles. The third-order valence-electron chi connectivity index (χ3n) is 3.85. The predicted octanol–water partition coefficient (Wildman–Crippen LogP) is 2.68. The van der Waals surface area contributed by atoms with Crippen LogP contribution < -0.4 is 10.2 Å². The second kappa shape index (κ2) is 6.60. The minimum Gasteiger partial charge on any atom is -0.372 e. The molecule has 2 atom stereocenters. The van der Waals surface area contributed by atoms with Crippen LogP contribution in [0.5, 0.6) is 0 Å². The molecule has 0 radical (unpaired) electrons. The lowest BCUT2D eigenvalue weighted by Gasteiger charge is -2.23. The summed E-state index contributed by atoms with van der Waals surface area (Å²) in [5, 5.41) is 3.04. The van der Waals surface area contributed by atoms with Crippen LogP contribution in [-0.4, -0.2) is 25.5 Å². The molecule has 0 saturated heterocycles. The van der Waals surface area contributed by atoms with Gasteiger partial charge in [-0.15, -0.1) is 0 Å². The van der Waals surface area contributed by atoms with Gasteiger partial charge in [-0.2, -0.15) is 0 Å². The molecular formula is C16H24N2O. The summed E-state index contributed by atoms with van der Waals surface area (Å²) in [5.74, 6) is 1.13. The Labute approximate surface area is 116 Å². The van der Waals surface area contributed by atoms with Gasteiger partial charge in [-0.05, 0) is 37.8 Å². The number of anilines is 1. The van der Waals surface area contributed by atoms with Crippen LogP contribution in [0.1, 0.15) is 26.7 Å². The summed E-state index contributed by atoms with van der Waals surface area (Å²) in [4.78, 5) is 14.0. The van der Waals surface area contributed by atoms with E-state index >= 15 is 0 Å². The minimum atomic E-state index is 0.246. The summed E-state index contributed by atoms with van der Waals surface area (Å²) < 4.78 is 0. The molecule has 0 spiro atoms. The van der Waals surface area contributed by atoms with Crippen LogP contribution in [0.15, 0.2) is 30.3 Å². The van der Waals surface area contributed by atoms with E-state index in [-0.39, 0.29) is 11.8 Å². The highest BCUT2D eigenvalue weighted by molar-refractivity contribution is 5.81. The van der Waals surface area contributed by atoms with E-state index < -0.39 is 0 Å². The van der Waals surface area contributed by atoms with Gasteiger partial charge in [-0.3, -0.25) is 4.79 Å². The van der Waals surface area contributed by atoms with Crippen LogP contribution in [0.4, 0.5) is 5.69 Å². The van der Waals surface area contributed by atoms with Crippen molar-refractivity contribution in [3.8, 4) is 0 Å². The van der Waals surface area contributed by atoms with Crippen LogP contribution in [0.25, 0.3) is 0 Å². The molecule has 0 heterocycles. The van der Waals surface area contributed by atoms with Crippen molar-refractivity contribution in [3.05, 3.63) is 30.3 Å². The largest absolute Gasteiger partial charge is 0.372 e. The highest BCUT2D eigenvalue weighted by Crippen LogP contribution is 2.37. The number of para-hydroxylation sites is 1. The molecule has 104 valence electrons. The summed E-state index contributed by atoms with van der Waals surface area (Å²) in [6, 6.07) is 10.4. The summed E-state index contributed by atoms with van der Waals surface area (Å²) in [6.45, 7) is 7.07. The Morgan fingerprint density at radius 1 is 1.37 bits per heavy atom. The fraction of sp³-hybridized carbons (Fsp3) is 0.562. The van der Waals surface area contributed by atoms with Crippen molar-refractivity contribution in [2.75, 3.05) is 24.5 Å². The monoisotopic (exact) mass is 260 g/mol. The maximum Gasteiger partial charge on any atom is 0.223 e. The molecule has 1 aromatic rings. The first kappa shape index (κ1) is 13.9. The van der Waals surface area contributed by atoms with E-state index in [9.17, 15) is 4.79 Å². The molecule has 1 aromatic carbocycles. The number of benzene rings is 1. The van der Waals surface area contributed by atoms with Crippen molar-refractivity contribution in [2.24, 2.45) is 11.8 Å². The van der Waals surface area contributed by atoms with E-state index in [2.05, 4.69) is 48.3 Å². The zero-order valence-corrected chi connectivity index (χ0v) is 11.9. The summed E-state index contributed by atoms with van der Waals surface area (Å²) in [6.07, 6.45) is 2.06. The number of nitrogens with one attached hydrogen (secondary N) is 1. The van der Waals surface area contributed by atoms with Crippen LogP contribution >= 0.6 is 0 Å². The Morgan fingerprint density at radius 2 is 2.05 bits per heavy atom. The Bertz CT molecular complexity index is 404. The molecule has 1 amide bonds.